The molecule has 2 N–H and O–H groups in total. The summed E-state index contributed by atoms with van der Waals surface area (Å²) in [4.78, 5) is 17.7. The van der Waals surface area contributed by atoms with E-state index >= 15 is 0 Å². The van der Waals surface area contributed by atoms with Crippen LogP contribution in [-0.2, 0) is 0 Å². The number of nitrogens with zero attached hydrogens (tertiary/aromatic N) is 3. The number of aryl methyl sites for hydroxylation is 1. The van der Waals surface area contributed by atoms with Crippen LogP contribution in [0.4, 0.5) is 13.2 Å². The van der Waals surface area contributed by atoms with Crippen molar-refractivity contribution in [1.82, 2.24) is 14.6 Å². The molecule has 3 aromatic heterocycles. The molecule has 0 saturated heterocycles. The van der Waals surface area contributed by atoms with Crippen molar-refractivity contribution in [2.24, 2.45) is 11.7 Å². The molecular formula is C19H19F3N4OS. The number of thiazole rings is 1. The number of hydrogen-bond acceptors (Lipinski definition) is 5. The second-order valence-electron chi connectivity index (χ2n) is 7.18. The molecule has 1 saturated carbocycles. The van der Waals surface area contributed by atoms with Crippen LogP contribution in [0.5, 0.6) is 0 Å². The number of Topliss-reactive ketones (excluding diaryl/α,β-unsaturated/α-hetero) is 1. The Morgan fingerprint density at radius 3 is 3.00 bits per heavy atom. The van der Waals surface area contributed by atoms with E-state index in [4.69, 9.17) is 5.73 Å². The van der Waals surface area contributed by atoms with E-state index in [1.165, 1.54) is 22.8 Å². The molecule has 0 radical (unpaired) electrons. The van der Waals surface area contributed by atoms with Gasteiger partial charge in [-0.25, -0.2) is 22.7 Å². The van der Waals surface area contributed by atoms with Gasteiger partial charge in [-0.05, 0) is 31.9 Å². The van der Waals surface area contributed by atoms with Gasteiger partial charge in [-0.1, -0.05) is 0 Å². The van der Waals surface area contributed by atoms with Crippen LogP contribution in [0.3, 0.4) is 0 Å². The lowest BCUT2D eigenvalue weighted by molar-refractivity contribution is -0.0923. The third-order valence-electron chi connectivity index (χ3n) is 5.29. The molecule has 4 rings (SSSR count). The monoisotopic (exact) mass is 408 g/mol. The summed E-state index contributed by atoms with van der Waals surface area (Å²) in [6.07, 6.45) is 3.35. The Labute approximate surface area is 163 Å². The van der Waals surface area contributed by atoms with Gasteiger partial charge in [-0.15, -0.1) is 11.3 Å². The molecule has 0 amide bonds. The number of nitrogens with two attached hydrogens (primary N) is 1. The molecule has 9 heteroatoms. The molecule has 0 bridgehead atoms. The number of ketones is 1. The Hall–Kier alpha value is -2.26. The molecule has 0 aliphatic heterocycles. The summed E-state index contributed by atoms with van der Waals surface area (Å²) in [5.41, 5.74) is 7.03. The maximum Gasteiger partial charge on any atom is 0.252 e. The first-order chi connectivity index (χ1) is 13.3. The second kappa shape index (κ2) is 6.97. The van der Waals surface area contributed by atoms with Crippen LogP contribution in [0.15, 0.2) is 24.5 Å². The van der Waals surface area contributed by atoms with E-state index in [0.29, 0.717) is 29.0 Å². The molecule has 148 valence electrons. The number of fused-ring (bicyclic) bond motifs is 1. The fourth-order valence-electron chi connectivity index (χ4n) is 3.80. The normalized spacial score (nSPS) is 21.9. The lowest BCUT2D eigenvalue weighted by Gasteiger charge is -2.35. The Kier molecular flexibility index (Phi) is 4.75. The van der Waals surface area contributed by atoms with Crippen LogP contribution in [0, 0.1) is 18.7 Å². The van der Waals surface area contributed by atoms with Gasteiger partial charge < -0.3 is 5.73 Å². The second-order valence-corrected chi connectivity index (χ2v) is 8.39. The summed E-state index contributed by atoms with van der Waals surface area (Å²) in [6, 6.07) is 2.15. The highest BCUT2D eigenvalue weighted by molar-refractivity contribution is 7.14. The van der Waals surface area contributed by atoms with Gasteiger partial charge in [0.05, 0.1) is 17.5 Å². The molecule has 0 aromatic carbocycles. The smallest absolute Gasteiger partial charge is 0.252 e. The molecule has 3 heterocycles. The van der Waals surface area contributed by atoms with Crippen molar-refractivity contribution in [1.29, 1.82) is 0 Å². The van der Waals surface area contributed by atoms with Crippen LogP contribution >= 0.6 is 11.3 Å². The van der Waals surface area contributed by atoms with Gasteiger partial charge >= 0.3 is 0 Å². The number of hydrogen-bond donors (Lipinski definition) is 1. The zero-order chi connectivity index (χ0) is 20.1. The van der Waals surface area contributed by atoms with Crippen molar-refractivity contribution in [3.8, 4) is 11.3 Å². The Balaban J connectivity index is 1.65. The van der Waals surface area contributed by atoms with Gasteiger partial charge in [0.1, 0.15) is 11.3 Å². The van der Waals surface area contributed by atoms with Crippen LogP contribution in [0.25, 0.3) is 16.8 Å². The Bertz CT molecular complexity index is 1050. The minimum Gasteiger partial charge on any atom is -0.327 e. The van der Waals surface area contributed by atoms with Crippen molar-refractivity contribution >= 4 is 22.6 Å². The molecule has 1 fully saturated rings. The van der Waals surface area contributed by atoms with Crippen LogP contribution < -0.4 is 5.73 Å². The minimum atomic E-state index is -2.95. The van der Waals surface area contributed by atoms with Gasteiger partial charge in [0.25, 0.3) is 5.92 Å². The highest BCUT2D eigenvalue weighted by atomic mass is 32.1. The van der Waals surface area contributed by atoms with Gasteiger partial charge in [-0.3, -0.25) is 4.79 Å². The number of aromatic nitrogens is 3. The van der Waals surface area contributed by atoms with Crippen molar-refractivity contribution in [3.05, 3.63) is 40.2 Å². The summed E-state index contributed by atoms with van der Waals surface area (Å²) >= 11 is 1.12. The maximum atomic E-state index is 14.3. The summed E-state index contributed by atoms with van der Waals surface area (Å²) in [5.74, 6) is -5.05. The third-order valence-corrected chi connectivity index (χ3v) is 6.31. The van der Waals surface area contributed by atoms with Crippen molar-refractivity contribution in [2.75, 3.05) is 0 Å². The fraction of sp³-hybridized carbons (Fsp3) is 0.421. The molecule has 28 heavy (non-hydrogen) atoms. The topological polar surface area (TPSA) is 73.3 Å². The van der Waals surface area contributed by atoms with E-state index in [2.05, 4.69) is 10.1 Å². The molecular weight excluding hydrogens is 389 g/mol. The van der Waals surface area contributed by atoms with E-state index in [0.717, 1.165) is 11.3 Å². The molecule has 0 spiro atoms. The number of carbonyl (C=O) groups is 1. The highest BCUT2D eigenvalue weighted by Gasteiger charge is 2.46. The Morgan fingerprint density at radius 1 is 1.46 bits per heavy atom. The number of alkyl halides is 2. The first kappa shape index (κ1) is 19.1. The molecule has 2 atom stereocenters. The van der Waals surface area contributed by atoms with E-state index in [1.807, 2.05) is 0 Å². The van der Waals surface area contributed by atoms with Gasteiger partial charge in [-0.2, -0.15) is 5.10 Å². The zero-order valence-electron chi connectivity index (χ0n) is 15.2. The maximum absolute atomic E-state index is 14.3. The minimum absolute atomic E-state index is 0.136. The van der Waals surface area contributed by atoms with Gasteiger partial charge in [0.15, 0.2) is 10.8 Å². The summed E-state index contributed by atoms with van der Waals surface area (Å²) in [6.45, 7) is 1.76. The first-order valence-corrected chi connectivity index (χ1v) is 9.86. The number of halogens is 3. The predicted octanol–water partition coefficient (Wildman–Crippen LogP) is 4.24. The largest absolute Gasteiger partial charge is 0.327 e. The zero-order valence-corrected chi connectivity index (χ0v) is 16.0. The average Bonchev–Trinajstić information content (AvgIpc) is 3.22. The van der Waals surface area contributed by atoms with E-state index in [1.54, 1.807) is 13.1 Å². The SMILES string of the molecule is Cc1sc(C(=O)C[C@@H]2[C@H](N)CCCC2(F)F)nc1-c1cnn2cccc(F)c12. The summed E-state index contributed by atoms with van der Waals surface area (Å²) in [5, 5.41) is 4.25. The molecule has 1 aliphatic carbocycles. The lowest BCUT2D eigenvalue weighted by atomic mass is 9.79. The lowest BCUT2D eigenvalue weighted by Crippen LogP contribution is -2.46. The molecule has 5 nitrogen and oxygen atoms in total. The van der Waals surface area contributed by atoms with Crippen LogP contribution in [0.2, 0.25) is 0 Å². The number of carbonyl (C=O) groups excluding carboxylic acids is 1. The van der Waals surface area contributed by atoms with Crippen LogP contribution in [0.1, 0.15) is 40.4 Å². The summed E-state index contributed by atoms with van der Waals surface area (Å²) in [7, 11) is 0. The van der Waals surface area contributed by atoms with E-state index < -0.39 is 29.5 Å². The molecule has 3 aromatic rings. The first-order valence-electron chi connectivity index (χ1n) is 9.04. The fourth-order valence-corrected chi connectivity index (χ4v) is 4.68. The summed E-state index contributed by atoms with van der Waals surface area (Å²) < 4.78 is 44.1. The average molecular weight is 408 g/mol. The number of pyridine rings is 1. The van der Waals surface area contributed by atoms with Gasteiger partial charge in [0.2, 0.25) is 0 Å². The molecule has 0 unspecified atom stereocenters. The highest BCUT2D eigenvalue weighted by Crippen LogP contribution is 2.41. The van der Waals surface area contributed by atoms with Crippen molar-refractivity contribution in [3.63, 3.8) is 0 Å². The van der Waals surface area contributed by atoms with E-state index in [-0.39, 0.29) is 23.4 Å². The standard InChI is InChI=1S/C19H19F3N4OS/c1-10-16(11-9-24-26-7-3-4-13(20)17(11)26)25-18(28-10)15(27)8-12-14(23)5-2-6-19(12,21)22/h3-4,7,9,12,14H,2,5-6,8,23H2,1H3/t12-,14-/m1/s1. The Morgan fingerprint density at radius 2 is 2.25 bits per heavy atom. The van der Waals surface area contributed by atoms with E-state index in [9.17, 15) is 18.0 Å². The predicted molar refractivity (Wildman–Crippen MR) is 100 cm³/mol. The van der Waals surface area contributed by atoms with Crippen molar-refractivity contribution < 1.29 is 18.0 Å². The third kappa shape index (κ3) is 3.22. The van der Waals surface area contributed by atoms with Crippen molar-refractivity contribution in [2.45, 2.75) is 44.6 Å². The van der Waals surface area contributed by atoms with Crippen LogP contribution in [-0.4, -0.2) is 32.3 Å². The van der Waals surface area contributed by atoms with Gasteiger partial charge in [0, 0.05) is 35.9 Å². The quantitative estimate of drug-likeness (QED) is 0.656. The molecule has 1 aliphatic rings. The number of rotatable bonds is 4.